The maximum Gasteiger partial charge on any atom is 0.146 e. The summed E-state index contributed by atoms with van der Waals surface area (Å²) < 4.78 is 0. The number of hydrogen-bond donors (Lipinski definition) is 2. The zero-order chi connectivity index (χ0) is 11.9. The molecule has 0 saturated carbocycles. The molecule has 86 valence electrons. The molecule has 0 aliphatic rings. The van der Waals surface area contributed by atoms with E-state index in [4.69, 9.17) is 0 Å². The van der Waals surface area contributed by atoms with Crippen molar-refractivity contribution in [2.45, 2.75) is 39.5 Å². The third-order valence-corrected chi connectivity index (χ3v) is 2.85. The van der Waals surface area contributed by atoms with Gasteiger partial charge in [-0.1, -0.05) is 33.8 Å². The summed E-state index contributed by atoms with van der Waals surface area (Å²) in [5, 5.41) is 10.1. The lowest BCUT2D eigenvalue weighted by molar-refractivity contribution is 0.470. The quantitative estimate of drug-likeness (QED) is 0.810. The van der Waals surface area contributed by atoms with Crippen molar-refractivity contribution in [3.05, 3.63) is 23.5 Å². The normalized spacial score (nSPS) is 11.9. The van der Waals surface area contributed by atoms with Gasteiger partial charge in [-0.15, -0.1) is 0 Å². The highest BCUT2D eigenvalue weighted by Gasteiger charge is 2.14. The van der Waals surface area contributed by atoms with Gasteiger partial charge in [0, 0.05) is 5.92 Å². The summed E-state index contributed by atoms with van der Waals surface area (Å²) in [7, 11) is 0. The number of imidazole rings is 1. The molecule has 1 aromatic heterocycles. The van der Waals surface area contributed by atoms with Crippen molar-refractivity contribution >= 4 is 11.0 Å². The molecule has 16 heavy (non-hydrogen) atoms. The summed E-state index contributed by atoms with van der Waals surface area (Å²) >= 11 is 0. The van der Waals surface area contributed by atoms with E-state index in [1.807, 2.05) is 12.1 Å². The van der Waals surface area contributed by atoms with Crippen molar-refractivity contribution in [3.8, 4) is 5.75 Å². The maximum atomic E-state index is 10.1. The lowest BCUT2D eigenvalue weighted by Crippen LogP contribution is -1.89. The predicted molar refractivity (Wildman–Crippen MR) is 65.9 cm³/mol. The summed E-state index contributed by atoms with van der Waals surface area (Å²) in [6.07, 6.45) is 0. The van der Waals surface area contributed by atoms with Gasteiger partial charge >= 0.3 is 0 Å². The summed E-state index contributed by atoms with van der Waals surface area (Å²) in [6, 6.07) is 3.95. The van der Waals surface area contributed by atoms with Crippen LogP contribution in [-0.4, -0.2) is 15.1 Å². The first kappa shape index (κ1) is 11.0. The maximum absolute atomic E-state index is 10.1. The number of aromatic hydroxyl groups is 1. The molecule has 0 bridgehead atoms. The molecule has 0 amide bonds. The van der Waals surface area contributed by atoms with Gasteiger partial charge in [0.2, 0.25) is 0 Å². The molecule has 3 heteroatoms. The highest BCUT2D eigenvalue weighted by atomic mass is 16.3. The third kappa shape index (κ3) is 1.66. The van der Waals surface area contributed by atoms with Gasteiger partial charge in [0.1, 0.15) is 17.1 Å². The van der Waals surface area contributed by atoms with Gasteiger partial charge in [-0.3, -0.25) is 0 Å². The smallest absolute Gasteiger partial charge is 0.146 e. The zero-order valence-electron chi connectivity index (χ0n) is 10.2. The molecular formula is C13H18N2O. The Morgan fingerprint density at radius 2 is 1.81 bits per heavy atom. The average Bonchev–Trinajstić information content (AvgIpc) is 2.62. The Bertz CT molecular complexity index is 512. The molecule has 0 unspecified atom stereocenters. The van der Waals surface area contributed by atoms with Crippen LogP contribution in [0, 0.1) is 0 Å². The van der Waals surface area contributed by atoms with E-state index in [2.05, 4.69) is 37.7 Å². The summed E-state index contributed by atoms with van der Waals surface area (Å²) in [6.45, 7) is 8.30. The standard InChI is InChI=1S/C13H18N2O/c1-7(2)9-5-6-10-11(12(9)16)15-13(14-10)8(3)4/h5-8,16H,1-4H3,(H,14,15). The van der Waals surface area contributed by atoms with E-state index in [0.717, 1.165) is 16.9 Å². The molecule has 0 aliphatic carbocycles. The number of rotatable bonds is 2. The fraction of sp³-hybridized carbons (Fsp3) is 0.462. The lowest BCUT2D eigenvalue weighted by Gasteiger charge is -2.07. The van der Waals surface area contributed by atoms with Crippen molar-refractivity contribution in [2.75, 3.05) is 0 Å². The molecule has 0 spiro atoms. The highest BCUT2D eigenvalue weighted by molar-refractivity contribution is 5.83. The van der Waals surface area contributed by atoms with E-state index in [-0.39, 0.29) is 0 Å². The number of aromatic nitrogens is 2. The van der Waals surface area contributed by atoms with Crippen LogP contribution in [0.1, 0.15) is 50.9 Å². The minimum atomic E-state index is 0.309. The van der Waals surface area contributed by atoms with E-state index < -0.39 is 0 Å². The Labute approximate surface area is 95.5 Å². The van der Waals surface area contributed by atoms with Crippen LogP contribution in [0.5, 0.6) is 5.75 Å². The van der Waals surface area contributed by atoms with Crippen LogP contribution in [-0.2, 0) is 0 Å². The topological polar surface area (TPSA) is 48.9 Å². The number of hydrogen-bond acceptors (Lipinski definition) is 2. The molecule has 1 aromatic carbocycles. The monoisotopic (exact) mass is 218 g/mol. The molecule has 0 atom stereocenters. The second-order valence-electron chi connectivity index (χ2n) is 4.83. The van der Waals surface area contributed by atoms with Crippen LogP contribution in [0.4, 0.5) is 0 Å². The lowest BCUT2D eigenvalue weighted by atomic mass is 10.0. The Kier molecular flexibility index (Phi) is 2.62. The first-order valence-electron chi connectivity index (χ1n) is 5.72. The van der Waals surface area contributed by atoms with Gasteiger partial charge in [0.05, 0.1) is 5.52 Å². The first-order chi connectivity index (χ1) is 7.50. The number of phenolic OH excluding ortho intramolecular Hbond substituents is 1. The van der Waals surface area contributed by atoms with Gasteiger partial charge in [-0.2, -0.15) is 0 Å². The van der Waals surface area contributed by atoms with Gasteiger partial charge < -0.3 is 10.1 Å². The molecule has 0 saturated heterocycles. The fourth-order valence-corrected chi connectivity index (χ4v) is 1.84. The van der Waals surface area contributed by atoms with Crippen LogP contribution in [0.2, 0.25) is 0 Å². The van der Waals surface area contributed by atoms with Crippen molar-refractivity contribution in [1.82, 2.24) is 9.97 Å². The molecule has 0 aliphatic heterocycles. The molecule has 0 radical (unpaired) electrons. The first-order valence-corrected chi connectivity index (χ1v) is 5.72. The van der Waals surface area contributed by atoms with Crippen LogP contribution in [0.25, 0.3) is 11.0 Å². The average molecular weight is 218 g/mol. The number of nitrogens with zero attached hydrogens (tertiary/aromatic N) is 1. The molecular weight excluding hydrogens is 200 g/mol. The molecule has 1 heterocycles. The van der Waals surface area contributed by atoms with E-state index >= 15 is 0 Å². The Morgan fingerprint density at radius 1 is 1.12 bits per heavy atom. The van der Waals surface area contributed by atoms with Crippen LogP contribution in [0.3, 0.4) is 0 Å². The number of aromatic amines is 1. The minimum Gasteiger partial charge on any atom is -0.505 e. The number of phenols is 1. The van der Waals surface area contributed by atoms with Crippen molar-refractivity contribution < 1.29 is 5.11 Å². The summed E-state index contributed by atoms with van der Waals surface area (Å²) in [5.74, 6) is 1.89. The molecule has 2 rings (SSSR count). The van der Waals surface area contributed by atoms with E-state index in [9.17, 15) is 5.11 Å². The molecule has 3 nitrogen and oxygen atoms in total. The van der Waals surface area contributed by atoms with Gasteiger partial charge in [-0.05, 0) is 17.5 Å². The number of nitrogens with one attached hydrogen (secondary N) is 1. The largest absolute Gasteiger partial charge is 0.505 e. The van der Waals surface area contributed by atoms with E-state index in [1.54, 1.807) is 0 Å². The predicted octanol–water partition coefficient (Wildman–Crippen LogP) is 3.52. The fourth-order valence-electron chi connectivity index (χ4n) is 1.84. The Balaban J connectivity index is 2.65. The van der Waals surface area contributed by atoms with Crippen molar-refractivity contribution in [2.24, 2.45) is 0 Å². The molecule has 2 aromatic rings. The second kappa shape index (κ2) is 3.81. The number of fused-ring (bicyclic) bond motifs is 1. The number of benzene rings is 1. The zero-order valence-corrected chi connectivity index (χ0v) is 10.2. The molecule has 2 N–H and O–H groups in total. The van der Waals surface area contributed by atoms with Gasteiger partial charge in [-0.25, -0.2) is 4.98 Å². The SMILES string of the molecule is CC(C)c1nc2c(O)c(C(C)C)ccc2[nH]1. The minimum absolute atomic E-state index is 0.309. The van der Waals surface area contributed by atoms with Crippen molar-refractivity contribution in [3.63, 3.8) is 0 Å². The third-order valence-electron chi connectivity index (χ3n) is 2.85. The Hall–Kier alpha value is -1.51. The van der Waals surface area contributed by atoms with Crippen molar-refractivity contribution in [1.29, 1.82) is 0 Å². The van der Waals surface area contributed by atoms with Gasteiger partial charge in [0.15, 0.2) is 0 Å². The number of H-pyrrole nitrogens is 1. The summed E-state index contributed by atoms with van der Waals surface area (Å²) in [5.41, 5.74) is 2.55. The Morgan fingerprint density at radius 3 is 2.38 bits per heavy atom. The van der Waals surface area contributed by atoms with Gasteiger partial charge in [0.25, 0.3) is 0 Å². The highest BCUT2D eigenvalue weighted by Crippen LogP contribution is 2.32. The second-order valence-corrected chi connectivity index (χ2v) is 4.83. The molecule has 0 fully saturated rings. The van der Waals surface area contributed by atoms with Crippen LogP contribution < -0.4 is 0 Å². The van der Waals surface area contributed by atoms with E-state index in [0.29, 0.717) is 23.1 Å². The summed E-state index contributed by atoms with van der Waals surface area (Å²) in [4.78, 5) is 7.68. The van der Waals surface area contributed by atoms with E-state index in [1.165, 1.54) is 0 Å². The van der Waals surface area contributed by atoms with Crippen LogP contribution in [0.15, 0.2) is 12.1 Å². The van der Waals surface area contributed by atoms with Crippen LogP contribution >= 0.6 is 0 Å².